The van der Waals surface area contributed by atoms with Crippen molar-refractivity contribution >= 4 is 10.0 Å². The number of rotatable bonds is 4. The number of aromatic nitrogens is 2. The normalized spacial score (nSPS) is 26.2. The number of nitrogens with zero attached hydrogens (tertiary/aromatic N) is 4. The molecule has 3 rings (SSSR count). The van der Waals surface area contributed by atoms with E-state index in [1.54, 1.807) is 4.31 Å². The van der Waals surface area contributed by atoms with Gasteiger partial charge in [-0.3, -0.25) is 9.58 Å². The van der Waals surface area contributed by atoms with Crippen molar-refractivity contribution in [2.24, 2.45) is 0 Å². The first-order valence-corrected chi connectivity index (χ1v) is 10.2. The molecule has 2 aliphatic heterocycles. The van der Waals surface area contributed by atoms with Crippen molar-refractivity contribution < 1.29 is 8.42 Å². The minimum Gasteiger partial charge on any atom is -0.297 e. The van der Waals surface area contributed by atoms with Crippen LogP contribution in [0, 0.1) is 6.92 Å². The van der Waals surface area contributed by atoms with Gasteiger partial charge in [-0.25, -0.2) is 8.42 Å². The summed E-state index contributed by atoms with van der Waals surface area (Å²) in [6, 6.07) is 0.517. The predicted molar refractivity (Wildman–Crippen MR) is 90.8 cm³/mol. The summed E-state index contributed by atoms with van der Waals surface area (Å²) in [7, 11) is -3.01. The van der Waals surface area contributed by atoms with Crippen LogP contribution in [-0.4, -0.2) is 58.8 Å². The van der Waals surface area contributed by atoms with E-state index >= 15 is 0 Å². The van der Waals surface area contributed by atoms with Crippen LogP contribution in [-0.2, 0) is 16.6 Å². The average Bonchev–Trinajstić information content (AvgIpc) is 3.02. The topological polar surface area (TPSA) is 58.4 Å². The van der Waals surface area contributed by atoms with E-state index in [4.69, 9.17) is 0 Å². The van der Waals surface area contributed by atoms with Crippen LogP contribution in [0.5, 0.6) is 0 Å². The van der Waals surface area contributed by atoms with Gasteiger partial charge in [-0.1, -0.05) is 0 Å². The molecule has 0 aliphatic carbocycles. The molecule has 1 unspecified atom stereocenters. The lowest BCUT2D eigenvalue weighted by molar-refractivity contribution is 0.146. The molecule has 0 amide bonds. The lowest BCUT2D eigenvalue weighted by atomic mass is 10.0. The van der Waals surface area contributed by atoms with Crippen molar-refractivity contribution in [1.82, 2.24) is 19.0 Å². The summed E-state index contributed by atoms with van der Waals surface area (Å²) in [4.78, 5) is 2.39. The molecule has 23 heavy (non-hydrogen) atoms. The van der Waals surface area contributed by atoms with Gasteiger partial charge in [0.15, 0.2) is 0 Å². The second kappa shape index (κ2) is 6.53. The van der Waals surface area contributed by atoms with Gasteiger partial charge in [0, 0.05) is 43.5 Å². The Labute approximate surface area is 139 Å². The molecule has 1 aromatic heterocycles. The molecule has 1 aromatic rings. The second-order valence-corrected chi connectivity index (χ2v) is 9.17. The average molecular weight is 340 g/mol. The van der Waals surface area contributed by atoms with Crippen molar-refractivity contribution in [2.45, 2.75) is 58.7 Å². The summed E-state index contributed by atoms with van der Waals surface area (Å²) in [6.07, 6.45) is 4.96. The van der Waals surface area contributed by atoms with E-state index in [0.717, 1.165) is 44.6 Å². The van der Waals surface area contributed by atoms with E-state index in [1.165, 1.54) is 5.56 Å². The molecule has 2 fully saturated rings. The predicted octanol–water partition coefficient (Wildman–Crippen LogP) is 1.77. The van der Waals surface area contributed by atoms with Gasteiger partial charge >= 0.3 is 0 Å². The standard InChI is InChI=1S/C16H28N4O2S/c1-13(2)19-11-15(14(3)17-19)10-18-7-4-6-16(12-18)20-8-5-9-23(20,21)22/h11,13,16H,4-10,12H2,1-3H3. The Hall–Kier alpha value is -0.920. The number of piperidine rings is 1. The van der Waals surface area contributed by atoms with E-state index in [0.29, 0.717) is 18.3 Å². The van der Waals surface area contributed by atoms with Crippen LogP contribution < -0.4 is 0 Å². The fourth-order valence-electron chi connectivity index (χ4n) is 3.66. The third-order valence-electron chi connectivity index (χ3n) is 4.97. The van der Waals surface area contributed by atoms with Crippen molar-refractivity contribution in [3.8, 4) is 0 Å². The quantitative estimate of drug-likeness (QED) is 0.838. The van der Waals surface area contributed by atoms with Gasteiger partial charge in [-0.2, -0.15) is 9.40 Å². The molecule has 3 heterocycles. The zero-order valence-electron chi connectivity index (χ0n) is 14.4. The molecule has 130 valence electrons. The summed E-state index contributed by atoms with van der Waals surface area (Å²) in [5.41, 5.74) is 2.33. The molecular weight excluding hydrogens is 312 g/mol. The SMILES string of the molecule is Cc1nn(C(C)C)cc1CN1CCCC(N2CCCS2(=O)=O)C1. The maximum Gasteiger partial charge on any atom is 0.214 e. The van der Waals surface area contributed by atoms with Gasteiger partial charge in [0.25, 0.3) is 0 Å². The first kappa shape index (κ1) is 16.9. The van der Waals surface area contributed by atoms with Gasteiger partial charge in [0.1, 0.15) is 0 Å². The number of likely N-dealkylation sites (tertiary alicyclic amines) is 1. The molecule has 0 radical (unpaired) electrons. The largest absolute Gasteiger partial charge is 0.297 e. The molecule has 0 bridgehead atoms. The number of aryl methyl sites for hydroxylation is 1. The van der Waals surface area contributed by atoms with Gasteiger partial charge in [0.05, 0.1) is 11.4 Å². The number of sulfonamides is 1. The van der Waals surface area contributed by atoms with Crippen molar-refractivity contribution in [1.29, 1.82) is 0 Å². The van der Waals surface area contributed by atoms with E-state index in [9.17, 15) is 8.42 Å². The molecule has 0 aromatic carbocycles. The highest BCUT2D eigenvalue weighted by Gasteiger charge is 2.36. The lowest BCUT2D eigenvalue weighted by Gasteiger charge is -2.36. The maximum absolute atomic E-state index is 12.2. The fourth-order valence-corrected chi connectivity index (χ4v) is 5.42. The zero-order chi connectivity index (χ0) is 16.6. The highest BCUT2D eigenvalue weighted by molar-refractivity contribution is 7.89. The van der Waals surface area contributed by atoms with Crippen molar-refractivity contribution in [3.05, 3.63) is 17.5 Å². The fraction of sp³-hybridized carbons (Fsp3) is 0.812. The Morgan fingerprint density at radius 2 is 2.09 bits per heavy atom. The Morgan fingerprint density at radius 1 is 1.30 bits per heavy atom. The summed E-state index contributed by atoms with van der Waals surface area (Å²) in [6.45, 7) is 9.76. The third-order valence-corrected chi connectivity index (χ3v) is 6.97. The Morgan fingerprint density at radius 3 is 2.70 bits per heavy atom. The molecule has 1 atom stereocenters. The minimum absolute atomic E-state index is 0.150. The van der Waals surface area contributed by atoms with E-state index < -0.39 is 10.0 Å². The molecule has 0 saturated carbocycles. The zero-order valence-corrected chi connectivity index (χ0v) is 15.2. The van der Waals surface area contributed by atoms with Crippen LogP contribution in [0.4, 0.5) is 0 Å². The molecule has 0 N–H and O–H groups in total. The Kier molecular flexibility index (Phi) is 4.80. The maximum atomic E-state index is 12.2. The molecule has 2 saturated heterocycles. The van der Waals surface area contributed by atoms with Crippen molar-refractivity contribution in [2.75, 3.05) is 25.4 Å². The van der Waals surface area contributed by atoms with Crippen LogP contribution in [0.2, 0.25) is 0 Å². The monoisotopic (exact) mass is 340 g/mol. The van der Waals surface area contributed by atoms with E-state index in [1.807, 2.05) is 4.68 Å². The van der Waals surface area contributed by atoms with Gasteiger partial charge in [-0.15, -0.1) is 0 Å². The molecular formula is C16H28N4O2S. The van der Waals surface area contributed by atoms with Crippen LogP contribution >= 0.6 is 0 Å². The summed E-state index contributed by atoms with van der Waals surface area (Å²) in [5.74, 6) is 0.323. The van der Waals surface area contributed by atoms with Crippen LogP contribution in [0.1, 0.15) is 50.4 Å². The first-order valence-electron chi connectivity index (χ1n) is 8.63. The highest BCUT2D eigenvalue weighted by Crippen LogP contribution is 2.25. The summed E-state index contributed by atoms with van der Waals surface area (Å²) in [5, 5.41) is 4.58. The lowest BCUT2D eigenvalue weighted by Crippen LogP contribution is -2.48. The van der Waals surface area contributed by atoms with E-state index in [2.05, 4.69) is 37.0 Å². The molecule has 2 aliphatic rings. The Bertz CT molecular complexity index is 653. The molecule has 0 spiro atoms. The number of hydrogen-bond acceptors (Lipinski definition) is 4. The highest BCUT2D eigenvalue weighted by atomic mass is 32.2. The smallest absolute Gasteiger partial charge is 0.214 e. The van der Waals surface area contributed by atoms with E-state index in [-0.39, 0.29) is 6.04 Å². The van der Waals surface area contributed by atoms with Crippen LogP contribution in [0.15, 0.2) is 6.20 Å². The first-order chi connectivity index (χ1) is 10.9. The van der Waals surface area contributed by atoms with Gasteiger partial charge in [0.2, 0.25) is 10.0 Å². The molecule has 7 heteroatoms. The second-order valence-electron chi connectivity index (χ2n) is 7.12. The number of hydrogen-bond donors (Lipinski definition) is 0. The third kappa shape index (κ3) is 3.61. The summed E-state index contributed by atoms with van der Waals surface area (Å²) < 4.78 is 28.1. The molecule has 6 nitrogen and oxygen atoms in total. The van der Waals surface area contributed by atoms with Crippen LogP contribution in [0.25, 0.3) is 0 Å². The summed E-state index contributed by atoms with van der Waals surface area (Å²) >= 11 is 0. The Balaban J connectivity index is 1.67. The van der Waals surface area contributed by atoms with Crippen molar-refractivity contribution in [3.63, 3.8) is 0 Å². The van der Waals surface area contributed by atoms with Gasteiger partial charge in [-0.05, 0) is 46.6 Å². The van der Waals surface area contributed by atoms with Gasteiger partial charge < -0.3 is 0 Å². The van der Waals surface area contributed by atoms with Crippen LogP contribution in [0.3, 0.4) is 0 Å². The minimum atomic E-state index is -3.01.